The molecule has 0 aromatic heterocycles. The summed E-state index contributed by atoms with van der Waals surface area (Å²) in [7, 11) is 3.18. The zero-order valence-corrected chi connectivity index (χ0v) is 15.0. The Morgan fingerprint density at radius 1 is 1.33 bits per heavy atom. The molecule has 1 fully saturated rings. The van der Waals surface area contributed by atoms with E-state index in [-0.39, 0.29) is 30.5 Å². The van der Waals surface area contributed by atoms with Crippen LogP contribution in [0.25, 0.3) is 0 Å². The lowest BCUT2D eigenvalue weighted by molar-refractivity contribution is -0.123. The van der Waals surface area contributed by atoms with Crippen molar-refractivity contribution in [2.24, 2.45) is 0 Å². The van der Waals surface area contributed by atoms with Crippen LogP contribution >= 0.6 is 12.4 Å². The third-order valence-electron chi connectivity index (χ3n) is 3.58. The van der Waals surface area contributed by atoms with Crippen molar-refractivity contribution in [1.82, 2.24) is 5.32 Å². The first-order valence-electron chi connectivity index (χ1n) is 7.61. The lowest BCUT2D eigenvalue weighted by atomic mass is 10.1. The predicted molar refractivity (Wildman–Crippen MR) is 93.4 cm³/mol. The third kappa shape index (κ3) is 5.52. The molecule has 0 radical (unpaired) electrons. The highest BCUT2D eigenvalue weighted by Gasteiger charge is 2.28. The first-order valence-corrected chi connectivity index (χ1v) is 7.61. The van der Waals surface area contributed by atoms with Gasteiger partial charge in [-0.3, -0.25) is 4.79 Å². The van der Waals surface area contributed by atoms with Crippen LogP contribution in [0.1, 0.15) is 6.92 Å². The smallest absolute Gasteiger partial charge is 0.244 e. The fourth-order valence-corrected chi connectivity index (χ4v) is 2.35. The van der Waals surface area contributed by atoms with E-state index in [2.05, 4.69) is 10.6 Å². The molecule has 1 aliphatic heterocycles. The van der Waals surface area contributed by atoms with E-state index >= 15 is 0 Å². The monoisotopic (exact) mass is 360 g/mol. The first kappa shape index (κ1) is 20.5. The van der Waals surface area contributed by atoms with Crippen LogP contribution in [0.4, 0.5) is 5.69 Å². The van der Waals surface area contributed by atoms with Crippen molar-refractivity contribution >= 4 is 24.0 Å². The summed E-state index contributed by atoms with van der Waals surface area (Å²) in [5.41, 5.74) is 0.641. The van der Waals surface area contributed by atoms with Gasteiger partial charge >= 0.3 is 0 Å². The van der Waals surface area contributed by atoms with Crippen molar-refractivity contribution in [3.63, 3.8) is 0 Å². The Morgan fingerprint density at radius 2 is 2.12 bits per heavy atom. The van der Waals surface area contributed by atoms with E-state index in [1.54, 1.807) is 32.4 Å². The van der Waals surface area contributed by atoms with Gasteiger partial charge in [-0.1, -0.05) is 0 Å². The minimum atomic E-state index is -0.372. The maximum absolute atomic E-state index is 12.4. The highest BCUT2D eigenvalue weighted by molar-refractivity contribution is 5.95. The summed E-state index contributed by atoms with van der Waals surface area (Å²) in [6.45, 7) is 4.03. The molecule has 2 atom stereocenters. The molecular formula is C16H25ClN2O5. The number of hydrogen-bond donors (Lipinski definition) is 2. The van der Waals surface area contributed by atoms with E-state index < -0.39 is 0 Å². The third-order valence-corrected chi connectivity index (χ3v) is 3.58. The van der Waals surface area contributed by atoms with E-state index in [9.17, 15) is 4.79 Å². The Bertz CT molecular complexity index is 529. The number of nitrogens with one attached hydrogen (secondary N) is 2. The van der Waals surface area contributed by atoms with Gasteiger partial charge in [-0.05, 0) is 19.1 Å². The molecule has 0 unspecified atom stereocenters. The topological polar surface area (TPSA) is 78.1 Å². The van der Waals surface area contributed by atoms with Crippen LogP contribution < -0.4 is 20.1 Å². The van der Waals surface area contributed by atoms with Crippen molar-refractivity contribution in [2.75, 3.05) is 45.9 Å². The summed E-state index contributed by atoms with van der Waals surface area (Å²) in [6.07, 6.45) is -0.167. The van der Waals surface area contributed by atoms with Gasteiger partial charge in [0, 0.05) is 25.4 Å². The number of carbonyl (C=O) groups is 1. The lowest BCUT2D eigenvalue weighted by Gasteiger charge is -2.29. The van der Waals surface area contributed by atoms with Crippen LogP contribution in [0.2, 0.25) is 0 Å². The SMILES string of the molecule is COCCOc1cc(NC(=O)[C@H]2NCCO[C@@H]2C)ccc1OC.Cl. The molecule has 0 saturated carbocycles. The summed E-state index contributed by atoms with van der Waals surface area (Å²) in [5, 5.41) is 6.03. The Hall–Kier alpha value is -1.54. The van der Waals surface area contributed by atoms with E-state index in [0.29, 0.717) is 43.6 Å². The predicted octanol–water partition coefficient (Wildman–Crippen LogP) is 1.46. The van der Waals surface area contributed by atoms with Crippen molar-refractivity contribution in [3.8, 4) is 11.5 Å². The Balaban J connectivity index is 0.00000288. The van der Waals surface area contributed by atoms with Crippen LogP contribution in [0.15, 0.2) is 18.2 Å². The second-order valence-corrected chi connectivity index (χ2v) is 5.20. The van der Waals surface area contributed by atoms with Crippen LogP contribution in [0.5, 0.6) is 11.5 Å². The van der Waals surface area contributed by atoms with Gasteiger partial charge in [0.15, 0.2) is 11.5 Å². The maximum atomic E-state index is 12.4. The van der Waals surface area contributed by atoms with Gasteiger partial charge in [-0.2, -0.15) is 0 Å². The molecule has 1 aromatic rings. The summed E-state index contributed by atoms with van der Waals surface area (Å²) in [4.78, 5) is 12.4. The molecule has 2 N–H and O–H groups in total. The van der Waals surface area contributed by atoms with Gasteiger partial charge in [0.2, 0.25) is 5.91 Å². The van der Waals surface area contributed by atoms with Crippen molar-refractivity contribution < 1.29 is 23.7 Å². The largest absolute Gasteiger partial charge is 0.493 e. The summed E-state index contributed by atoms with van der Waals surface area (Å²) in [5.74, 6) is 1.03. The fourth-order valence-electron chi connectivity index (χ4n) is 2.35. The zero-order valence-electron chi connectivity index (χ0n) is 14.2. The molecule has 1 aromatic carbocycles. The summed E-state index contributed by atoms with van der Waals surface area (Å²) < 4.78 is 21.3. The highest BCUT2D eigenvalue weighted by atomic mass is 35.5. The fraction of sp³-hybridized carbons (Fsp3) is 0.562. The number of hydrogen-bond acceptors (Lipinski definition) is 6. The van der Waals surface area contributed by atoms with E-state index in [1.807, 2.05) is 6.92 Å². The molecule has 8 heteroatoms. The van der Waals surface area contributed by atoms with Crippen molar-refractivity contribution in [2.45, 2.75) is 19.1 Å². The second-order valence-electron chi connectivity index (χ2n) is 5.20. The number of halogens is 1. The maximum Gasteiger partial charge on any atom is 0.244 e. The van der Waals surface area contributed by atoms with Crippen molar-refractivity contribution in [3.05, 3.63) is 18.2 Å². The Morgan fingerprint density at radius 3 is 2.79 bits per heavy atom. The summed E-state index contributed by atoms with van der Waals surface area (Å²) >= 11 is 0. The molecule has 1 aliphatic rings. The molecule has 2 rings (SSSR count). The quantitative estimate of drug-likeness (QED) is 0.717. The van der Waals surface area contributed by atoms with E-state index in [0.717, 1.165) is 0 Å². The Labute approximate surface area is 148 Å². The first-order chi connectivity index (χ1) is 11.2. The minimum Gasteiger partial charge on any atom is -0.493 e. The number of morpholine rings is 1. The zero-order chi connectivity index (χ0) is 16.7. The average molecular weight is 361 g/mol. The second kappa shape index (κ2) is 10.4. The number of methoxy groups -OCH3 is 2. The minimum absolute atomic E-state index is 0. The van der Waals surface area contributed by atoms with E-state index in [4.69, 9.17) is 18.9 Å². The van der Waals surface area contributed by atoms with Gasteiger partial charge in [0.05, 0.1) is 26.4 Å². The average Bonchev–Trinajstić information content (AvgIpc) is 2.55. The number of anilines is 1. The van der Waals surface area contributed by atoms with Gasteiger partial charge in [0.1, 0.15) is 12.6 Å². The van der Waals surface area contributed by atoms with Gasteiger partial charge in [-0.25, -0.2) is 0 Å². The van der Waals surface area contributed by atoms with Crippen LogP contribution in [0.3, 0.4) is 0 Å². The normalized spacial score (nSPS) is 20.0. The number of ether oxygens (including phenoxy) is 4. The standard InChI is InChI=1S/C16H24N2O5.ClH/c1-11-15(17-6-7-22-11)16(19)18-12-4-5-13(21-3)14(10-12)23-9-8-20-2;/h4-5,10-11,15,17H,6-9H2,1-3H3,(H,18,19);1H/t11-,15+;/m1./s1. The van der Waals surface area contributed by atoms with Gasteiger partial charge in [-0.15, -0.1) is 12.4 Å². The molecule has 0 bridgehead atoms. The van der Waals surface area contributed by atoms with Gasteiger partial charge < -0.3 is 29.6 Å². The molecule has 1 heterocycles. The number of rotatable bonds is 7. The lowest BCUT2D eigenvalue weighted by Crippen LogP contribution is -2.53. The van der Waals surface area contributed by atoms with Crippen molar-refractivity contribution in [1.29, 1.82) is 0 Å². The van der Waals surface area contributed by atoms with Gasteiger partial charge in [0.25, 0.3) is 0 Å². The number of amides is 1. The van der Waals surface area contributed by atoms with Crippen LogP contribution in [0, 0.1) is 0 Å². The van der Waals surface area contributed by atoms with Crippen LogP contribution in [-0.4, -0.2) is 58.6 Å². The molecule has 7 nitrogen and oxygen atoms in total. The Kier molecular flexibility index (Phi) is 8.84. The number of benzene rings is 1. The molecule has 24 heavy (non-hydrogen) atoms. The molecular weight excluding hydrogens is 336 g/mol. The molecule has 0 spiro atoms. The number of carbonyl (C=O) groups excluding carboxylic acids is 1. The summed E-state index contributed by atoms with van der Waals surface area (Å²) in [6, 6.07) is 4.89. The van der Waals surface area contributed by atoms with Crippen LogP contribution in [-0.2, 0) is 14.3 Å². The molecule has 136 valence electrons. The van der Waals surface area contributed by atoms with E-state index in [1.165, 1.54) is 0 Å². The highest BCUT2D eigenvalue weighted by Crippen LogP contribution is 2.30. The molecule has 0 aliphatic carbocycles. The molecule has 1 amide bonds. The molecule has 1 saturated heterocycles.